The van der Waals surface area contributed by atoms with Crippen LogP contribution >= 0.6 is 0 Å². The molecular formula is C14H21N3O4S. The van der Waals surface area contributed by atoms with Crippen molar-refractivity contribution in [3.8, 4) is 0 Å². The Labute approximate surface area is 130 Å². The predicted octanol–water partition coefficient (Wildman–Crippen LogP) is 1.29. The number of rotatable bonds is 5. The van der Waals surface area contributed by atoms with Gasteiger partial charge in [0.1, 0.15) is 5.82 Å². The average Bonchev–Trinajstić information content (AvgIpc) is 2.43. The molecule has 0 saturated carbocycles. The van der Waals surface area contributed by atoms with Gasteiger partial charge in [-0.15, -0.1) is 0 Å². The average molecular weight is 327 g/mol. The number of aliphatic carboxylic acids is 1. The van der Waals surface area contributed by atoms with E-state index in [4.69, 9.17) is 5.11 Å². The third-order valence-electron chi connectivity index (χ3n) is 3.73. The predicted molar refractivity (Wildman–Crippen MR) is 80.9 cm³/mol. The summed E-state index contributed by atoms with van der Waals surface area (Å²) in [6, 6.07) is 1.46. The summed E-state index contributed by atoms with van der Waals surface area (Å²) in [6.45, 7) is 2.23. The molecule has 0 spiro atoms. The van der Waals surface area contributed by atoms with Crippen molar-refractivity contribution in [2.24, 2.45) is 0 Å². The molecule has 0 aliphatic carbocycles. The van der Waals surface area contributed by atoms with E-state index in [1.807, 2.05) is 0 Å². The van der Waals surface area contributed by atoms with Crippen LogP contribution in [0.15, 0.2) is 6.07 Å². The van der Waals surface area contributed by atoms with E-state index in [-0.39, 0.29) is 12.5 Å². The number of sulfonamides is 1. The Morgan fingerprint density at radius 3 is 2.77 bits per heavy atom. The van der Waals surface area contributed by atoms with Crippen LogP contribution in [-0.2, 0) is 21.2 Å². The fraction of sp³-hybridized carbons (Fsp3) is 0.643. The molecule has 0 radical (unpaired) electrons. The molecule has 0 aromatic carbocycles. The molecule has 8 heteroatoms. The van der Waals surface area contributed by atoms with Crippen LogP contribution in [0.4, 0.5) is 0 Å². The molecule has 1 saturated heterocycles. The van der Waals surface area contributed by atoms with Gasteiger partial charge in [-0.1, -0.05) is 6.42 Å². The Balaban J connectivity index is 2.31. The largest absolute Gasteiger partial charge is 0.481 e. The number of aromatic nitrogens is 2. The highest BCUT2D eigenvalue weighted by molar-refractivity contribution is 7.88. The Morgan fingerprint density at radius 2 is 2.14 bits per heavy atom. The highest BCUT2D eigenvalue weighted by atomic mass is 32.2. The molecule has 1 aliphatic heterocycles. The molecule has 1 aromatic rings. The minimum atomic E-state index is -3.30. The lowest BCUT2D eigenvalue weighted by Crippen LogP contribution is -2.38. The summed E-state index contributed by atoms with van der Waals surface area (Å²) in [7, 11) is -3.30. The second-order valence-electron chi connectivity index (χ2n) is 5.61. The Kier molecular flexibility index (Phi) is 5.12. The molecule has 0 bridgehead atoms. The van der Waals surface area contributed by atoms with Gasteiger partial charge in [-0.2, -0.15) is 4.31 Å². The van der Waals surface area contributed by atoms with Crippen LogP contribution in [0.1, 0.15) is 48.9 Å². The number of piperidine rings is 1. The van der Waals surface area contributed by atoms with Gasteiger partial charge in [0.25, 0.3) is 0 Å². The number of aryl methyl sites for hydroxylation is 2. The van der Waals surface area contributed by atoms with Crippen LogP contribution in [0.3, 0.4) is 0 Å². The van der Waals surface area contributed by atoms with Crippen molar-refractivity contribution in [1.82, 2.24) is 14.3 Å². The highest BCUT2D eigenvalue weighted by Crippen LogP contribution is 2.32. The summed E-state index contributed by atoms with van der Waals surface area (Å²) >= 11 is 0. The van der Waals surface area contributed by atoms with Crippen LogP contribution in [0.2, 0.25) is 0 Å². The van der Waals surface area contributed by atoms with E-state index in [1.165, 1.54) is 10.6 Å². The summed E-state index contributed by atoms with van der Waals surface area (Å²) in [6.07, 6.45) is 4.05. The van der Waals surface area contributed by atoms with E-state index in [1.54, 1.807) is 13.0 Å². The van der Waals surface area contributed by atoms with Crippen LogP contribution in [-0.4, -0.2) is 46.6 Å². The van der Waals surface area contributed by atoms with Gasteiger partial charge in [-0.3, -0.25) is 4.79 Å². The Bertz CT molecular complexity index is 660. The Morgan fingerprint density at radius 1 is 1.41 bits per heavy atom. The van der Waals surface area contributed by atoms with Crippen molar-refractivity contribution in [2.45, 2.75) is 45.1 Å². The summed E-state index contributed by atoms with van der Waals surface area (Å²) < 4.78 is 25.4. The smallest absolute Gasteiger partial charge is 0.303 e. The van der Waals surface area contributed by atoms with Gasteiger partial charge >= 0.3 is 5.97 Å². The lowest BCUT2D eigenvalue weighted by molar-refractivity contribution is -0.136. The molecule has 22 heavy (non-hydrogen) atoms. The normalized spacial score (nSPS) is 20.0. The van der Waals surface area contributed by atoms with Gasteiger partial charge in [-0.05, 0) is 25.8 Å². The third kappa shape index (κ3) is 4.23. The number of nitrogens with zero attached hydrogens (tertiary/aromatic N) is 3. The quantitative estimate of drug-likeness (QED) is 0.874. The second kappa shape index (κ2) is 6.70. The van der Waals surface area contributed by atoms with Gasteiger partial charge in [0, 0.05) is 18.7 Å². The number of hydrogen-bond donors (Lipinski definition) is 1. The SMILES string of the molecule is Cc1nc(CCC(=O)O)cc([C@@H]2CCCCN2S(C)(=O)=O)n1. The summed E-state index contributed by atoms with van der Waals surface area (Å²) in [5.74, 6) is -0.342. The van der Waals surface area contributed by atoms with E-state index in [9.17, 15) is 13.2 Å². The molecule has 1 aliphatic rings. The molecule has 1 aromatic heterocycles. The molecule has 7 nitrogen and oxygen atoms in total. The maximum atomic E-state index is 12.0. The zero-order valence-electron chi connectivity index (χ0n) is 12.8. The lowest BCUT2D eigenvalue weighted by Gasteiger charge is -2.33. The van der Waals surface area contributed by atoms with Crippen molar-refractivity contribution < 1.29 is 18.3 Å². The molecule has 2 heterocycles. The van der Waals surface area contributed by atoms with E-state index < -0.39 is 16.0 Å². The summed E-state index contributed by atoms with van der Waals surface area (Å²) in [4.78, 5) is 19.3. The third-order valence-corrected chi connectivity index (χ3v) is 5.02. The van der Waals surface area contributed by atoms with E-state index >= 15 is 0 Å². The first-order chi connectivity index (χ1) is 10.3. The second-order valence-corrected chi connectivity index (χ2v) is 7.55. The summed E-state index contributed by atoms with van der Waals surface area (Å²) in [5, 5.41) is 8.78. The number of carboxylic acid groups (broad SMARTS) is 1. The standard InChI is InChI=1S/C14H21N3O4S/c1-10-15-11(6-7-14(18)19)9-12(16-10)13-5-3-4-8-17(13)22(2,20)21/h9,13H,3-8H2,1-2H3,(H,18,19)/t13-/m0/s1. The minimum Gasteiger partial charge on any atom is -0.481 e. The molecule has 122 valence electrons. The summed E-state index contributed by atoms with van der Waals surface area (Å²) in [5.41, 5.74) is 1.31. The van der Waals surface area contributed by atoms with Crippen LogP contribution in [0, 0.1) is 6.92 Å². The lowest BCUT2D eigenvalue weighted by atomic mass is 10.0. The maximum Gasteiger partial charge on any atom is 0.303 e. The molecule has 1 fully saturated rings. The van der Waals surface area contributed by atoms with Crippen LogP contribution < -0.4 is 0 Å². The van der Waals surface area contributed by atoms with Crippen molar-refractivity contribution in [2.75, 3.05) is 12.8 Å². The van der Waals surface area contributed by atoms with Gasteiger partial charge in [-0.25, -0.2) is 18.4 Å². The van der Waals surface area contributed by atoms with Crippen molar-refractivity contribution >= 4 is 16.0 Å². The highest BCUT2D eigenvalue weighted by Gasteiger charge is 2.31. The molecule has 0 amide bonds. The van der Waals surface area contributed by atoms with Gasteiger partial charge < -0.3 is 5.11 Å². The minimum absolute atomic E-state index is 0.00362. The molecule has 0 unspecified atom stereocenters. The van der Waals surface area contributed by atoms with E-state index in [0.29, 0.717) is 30.2 Å². The monoisotopic (exact) mass is 327 g/mol. The number of hydrogen-bond acceptors (Lipinski definition) is 5. The van der Waals surface area contributed by atoms with Gasteiger partial charge in [0.2, 0.25) is 10.0 Å². The zero-order valence-corrected chi connectivity index (χ0v) is 13.6. The maximum absolute atomic E-state index is 12.0. The van der Waals surface area contributed by atoms with E-state index in [2.05, 4.69) is 9.97 Å². The fourth-order valence-corrected chi connectivity index (χ4v) is 3.92. The first-order valence-corrected chi connectivity index (χ1v) is 9.15. The van der Waals surface area contributed by atoms with Crippen molar-refractivity contribution in [3.63, 3.8) is 0 Å². The molecule has 1 atom stereocenters. The molecule has 2 rings (SSSR count). The van der Waals surface area contributed by atoms with Crippen LogP contribution in [0.5, 0.6) is 0 Å². The van der Waals surface area contributed by atoms with Gasteiger partial charge in [0.15, 0.2) is 0 Å². The van der Waals surface area contributed by atoms with Crippen molar-refractivity contribution in [3.05, 3.63) is 23.3 Å². The van der Waals surface area contributed by atoms with Crippen molar-refractivity contribution in [1.29, 1.82) is 0 Å². The molecule has 1 N–H and O–H groups in total. The first kappa shape index (κ1) is 16.8. The van der Waals surface area contributed by atoms with Crippen LogP contribution in [0.25, 0.3) is 0 Å². The van der Waals surface area contributed by atoms with Gasteiger partial charge in [0.05, 0.1) is 24.4 Å². The molecular weight excluding hydrogens is 306 g/mol. The number of carboxylic acids is 1. The Hall–Kier alpha value is -1.54. The topological polar surface area (TPSA) is 100 Å². The van der Waals surface area contributed by atoms with E-state index in [0.717, 1.165) is 19.3 Å². The first-order valence-electron chi connectivity index (χ1n) is 7.30. The zero-order chi connectivity index (χ0) is 16.3. The number of carbonyl (C=O) groups is 1. The fourth-order valence-electron chi connectivity index (χ4n) is 2.79.